The van der Waals surface area contributed by atoms with Gasteiger partial charge in [0.2, 0.25) is 0 Å². The van der Waals surface area contributed by atoms with E-state index in [1.165, 1.54) is 11.7 Å². The average Bonchev–Trinajstić information content (AvgIpc) is 2.91. The maximum absolute atomic E-state index is 6.20. The smallest absolute Gasteiger partial charge is 0.0955 e. The SMILES string of the molecule is NC(c1cnsn1)c1cccc2ccncc12. The molecular weight excluding hydrogens is 232 g/mol. The van der Waals surface area contributed by atoms with Crippen LogP contribution in [0.25, 0.3) is 10.8 Å². The highest BCUT2D eigenvalue weighted by molar-refractivity contribution is 6.99. The third-order valence-corrected chi connectivity index (χ3v) is 3.24. The molecular formula is C12H10N4S. The van der Waals surface area contributed by atoms with Crippen LogP contribution in [-0.2, 0) is 0 Å². The van der Waals surface area contributed by atoms with E-state index >= 15 is 0 Å². The van der Waals surface area contributed by atoms with Crippen molar-refractivity contribution in [2.45, 2.75) is 6.04 Å². The monoisotopic (exact) mass is 242 g/mol. The molecule has 0 saturated carbocycles. The molecule has 1 atom stereocenters. The van der Waals surface area contributed by atoms with Crippen LogP contribution in [0.15, 0.2) is 42.9 Å². The number of hydrogen-bond acceptors (Lipinski definition) is 5. The molecule has 0 saturated heterocycles. The van der Waals surface area contributed by atoms with Gasteiger partial charge in [-0.2, -0.15) is 8.75 Å². The van der Waals surface area contributed by atoms with Crippen LogP contribution in [0.3, 0.4) is 0 Å². The van der Waals surface area contributed by atoms with Gasteiger partial charge in [0.25, 0.3) is 0 Å². The summed E-state index contributed by atoms with van der Waals surface area (Å²) in [6.07, 6.45) is 5.33. The summed E-state index contributed by atoms with van der Waals surface area (Å²) in [5.41, 5.74) is 8.03. The Morgan fingerprint density at radius 3 is 2.94 bits per heavy atom. The normalized spacial score (nSPS) is 12.8. The summed E-state index contributed by atoms with van der Waals surface area (Å²) >= 11 is 1.17. The van der Waals surface area contributed by atoms with Gasteiger partial charge in [-0.05, 0) is 17.0 Å². The lowest BCUT2D eigenvalue weighted by molar-refractivity contribution is 0.851. The largest absolute Gasteiger partial charge is 0.319 e. The first-order chi connectivity index (χ1) is 8.36. The number of aromatic nitrogens is 3. The summed E-state index contributed by atoms with van der Waals surface area (Å²) < 4.78 is 8.17. The first-order valence-corrected chi connectivity index (χ1v) is 5.95. The molecule has 3 aromatic rings. The van der Waals surface area contributed by atoms with Gasteiger partial charge in [-0.25, -0.2) is 0 Å². The van der Waals surface area contributed by atoms with Crippen molar-refractivity contribution in [1.29, 1.82) is 0 Å². The maximum atomic E-state index is 6.20. The number of rotatable bonds is 2. The van der Waals surface area contributed by atoms with Crippen molar-refractivity contribution in [2.75, 3.05) is 0 Å². The number of nitrogens with two attached hydrogens (primary N) is 1. The minimum absolute atomic E-state index is 0.248. The van der Waals surface area contributed by atoms with E-state index in [1.54, 1.807) is 12.4 Å². The van der Waals surface area contributed by atoms with Gasteiger partial charge in [0.15, 0.2) is 0 Å². The summed E-state index contributed by atoms with van der Waals surface area (Å²) in [7, 11) is 0. The molecule has 4 nitrogen and oxygen atoms in total. The molecule has 0 aliphatic carbocycles. The van der Waals surface area contributed by atoms with Gasteiger partial charge in [-0.3, -0.25) is 4.98 Å². The molecule has 1 aromatic carbocycles. The highest BCUT2D eigenvalue weighted by Gasteiger charge is 2.14. The Morgan fingerprint density at radius 1 is 1.18 bits per heavy atom. The van der Waals surface area contributed by atoms with Crippen LogP contribution in [0.2, 0.25) is 0 Å². The van der Waals surface area contributed by atoms with Crippen LogP contribution >= 0.6 is 11.7 Å². The summed E-state index contributed by atoms with van der Waals surface area (Å²) in [5, 5.41) is 2.20. The Morgan fingerprint density at radius 2 is 2.12 bits per heavy atom. The molecule has 0 aliphatic rings. The van der Waals surface area contributed by atoms with Gasteiger partial charge in [0, 0.05) is 17.8 Å². The summed E-state index contributed by atoms with van der Waals surface area (Å²) in [6, 6.07) is 7.78. The van der Waals surface area contributed by atoms with Crippen molar-refractivity contribution in [3.05, 3.63) is 54.1 Å². The highest BCUT2D eigenvalue weighted by atomic mass is 32.1. The summed E-state index contributed by atoms with van der Waals surface area (Å²) in [4.78, 5) is 4.15. The Hall–Kier alpha value is -1.85. The fourth-order valence-corrected chi connectivity index (χ4v) is 2.33. The molecule has 84 valence electrons. The second-order valence-corrected chi connectivity index (χ2v) is 4.31. The minimum Gasteiger partial charge on any atom is -0.319 e. The van der Waals surface area contributed by atoms with Gasteiger partial charge in [0.05, 0.1) is 29.7 Å². The average molecular weight is 242 g/mol. The highest BCUT2D eigenvalue weighted by Crippen LogP contribution is 2.25. The van der Waals surface area contributed by atoms with Crippen LogP contribution in [0.1, 0.15) is 17.3 Å². The lowest BCUT2D eigenvalue weighted by Gasteiger charge is -2.11. The fourth-order valence-electron chi connectivity index (χ4n) is 1.88. The zero-order valence-corrected chi connectivity index (χ0v) is 9.76. The molecule has 0 bridgehead atoms. The molecule has 17 heavy (non-hydrogen) atoms. The van der Waals surface area contributed by atoms with Crippen molar-refractivity contribution in [1.82, 2.24) is 13.7 Å². The molecule has 2 heterocycles. The van der Waals surface area contributed by atoms with E-state index in [0.717, 1.165) is 22.0 Å². The van der Waals surface area contributed by atoms with Gasteiger partial charge in [-0.1, -0.05) is 18.2 Å². The van der Waals surface area contributed by atoms with E-state index in [9.17, 15) is 0 Å². The van der Waals surface area contributed by atoms with Crippen molar-refractivity contribution in [3.8, 4) is 0 Å². The first-order valence-electron chi connectivity index (χ1n) is 5.22. The predicted molar refractivity (Wildman–Crippen MR) is 67.7 cm³/mol. The van der Waals surface area contributed by atoms with E-state index in [0.29, 0.717) is 0 Å². The number of fused-ring (bicyclic) bond motifs is 1. The van der Waals surface area contributed by atoms with E-state index in [1.807, 2.05) is 30.5 Å². The zero-order chi connectivity index (χ0) is 11.7. The van der Waals surface area contributed by atoms with Crippen molar-refractivity contribution in [3.63, 3.8) is 0 Å². The topological polar surface area (TPSA) is 64.7 Å². The van der Waals surface area contributed by atoms with Crippen LogP contribution in [-0.4, -0.2) is 13.7 Å². The first kappa shape index (κ1) is 10.3. The molecule has 0 radical (unpaired) electrons. The molecule has 0 fully saturated rings. The lowest BCUT2D eigenvalue weighted by Crippen LogP contribution is -2.12. The maximum Gasteiger partial charge on any atom is 0.0955 e. The van der Waals surface area contributed by atoms with Crippen molar-refractivity contribution in [2.24, 2.45) is 5.73 Å². The van der Waals surface area contributed by atoms with E-state index in [4.69, 9.17) is 5.73 Å². The van der Waals surface area contributed by atoms with Crippen LogP contribution in [0.4, 0.5) is 0 Å². The van der Waals surface area contributed by atoms with E-state index in [-0.39, 0.29) is 6.04 Å². The predicted octanol–water partition coefficient (Wildman–Crippen LogP) is 2.13. The fraction of sp³-hybridized carbons (Fsp3) is 0.0833. The molecule has 3 rings (SSSR count). The van der Waals surface area contributed by atoms with Gasteiger partial charge < -0.3 is 5.73 Å². The second kappa shape index (κ2) is 4.20. The van der Waals surface area contributed by atoms with Crippen LogP contribution in [0.5, 0.6) is 0 Å². The minimum atomic E-state index is -0.248. The Kier molecular flexibility index (Phi) is 2.55. The second-order valence-electron chi connectivity index (χ2n) is 3.75. The molecule has 0 spiro atoms. The molecule has 0 amide bonds. The summed E-state index contributed by atoms with van der Waals surface area (Å²) in [5.74, 6) is 0. The third-order valence-electron chi connectivity index (χ3n) is 2.75. The van der Waals surface area contributed by atoms with Gasteiger partial charge in [-0.15, -0.1) is 0 Å². The quantitative estimate of drug-likeness (QED) is 0.747. The zero-order valence-electron chi connectivity index (χ0n) is 8.95. The van der Waals surface area contributed by atoms with Gasteiger partial charge in [0.1, 0.15) is 0 Å². The number of hydrogen-bond donors (Lipinski definition) is 1. The van der Waals surface area contributed by atoms with Gasteiger partial charge >= 0.3 is 0 Å². The van der Waals surface area contributed by atoms with E-state index in [2.05, 4.69) is 13.7 Å². The van der Waals surface area contributed by atoms with Crippen LogP contribution < -0.4 is 5.73 Å². The standard InChI is InChI=1S/C12H10N4S/c13-12(11-7-15-17-16-11)9-3-1-2-8-4-5-14-6-10(8)9/h1-7,12H,13H2. The lowest BCUT2D eigenvalue weighted by atomic mass is 9.99. The summed E-state index contributed by atoms with van der Waals surface area (Å²) in [6.45, 7) is 0. The Balaban J connectivity index is 2.17. The molecule has 0 aliphatic heterocycles. The Bertz CT molecular complexity index is 631. The third kappa shape index (κ3) is 1.79. The number of pyridine rings is 1. The van der Waals surface area contributed by atoms with Crippen molar-refractivity contribution >= 4 is 22.5 Å². The number of benzene rings is 1. The van der Waals surface area contributed by atoms with Crippen LogP contribution in [0, 0.1) is 0 Å². The molecule has 2 N–H and O–H groups in total. The molecule has 1 unspecified atom stereocenters. The molecule has 5 heteroatoms. The van der Waals surface area contributed by atoms with Crippen molar-refractivity contribution < 1.29 is 0 Å². The number of nitrogens with zero attached hydrogens (tertiary/aromatic N) is 3. The molecule has 2 aromatic heterocycles. The van der Waals surface area contributed by atoms with E-state index < -0.39 is 0 Å². The Labute approximate surface area is 102 Å².